The molecule has 4 aromatic rings. The maximum atomic E-state index is 6.17. The van der Waals surface area contributed by atoms with Crippen LogP contribution in [-0.2, 0) is 0 Å². The lowest BCUT2D eigenvalue weighted by molar-refractivity contribution is 0.957. The number of aromatic nitrogens is 3. The van der Waals surface area contributed by atoms with Crippen LogP contribution in [0.15, 0.2) is 71.2 Å². The molecule has 2 aromatic heterocycles. The number of nitrogen functional groups attached to an aromatic ring is 1. The van der Waals surface area contributed by atoms with Crippen molar-refractivity contribution in [2.75, 3.05) is 5.73 Å². The van der Waals surface area contributed by atoms with Crippen molar-refractivity contribution < 1.29 is 0 Å². The summed E-state index contributed by atoms with van der Waals surface area (Å²) in [5.41, 5.74) is 10.7. The first-order valence-corrected chi connectivity index (χ1v) is 7.98. The fraction of sp³-hybridized carbons (Fsp3) is 0. The first-order chi connectivity index (χ1) is 11.2. The molecule has 0 fully saturated rings. The van der Waals surface area contributed by atoms with Crippen LogP contribution in [-0.4, -0.2) is 14.6 Å². The van der Waals surface area contributed by atoms with Gasteiger partial charge in [0, 0.05) is 27.7 Å². The summed E-state index contributed by atoms with van der Waals surface area (Å²) < 4.78 is 2.70. The van der Waals surface area contributed by atoms with Gasteiger partial charge in [-0.3, -0.25) is 0 Å². The van der Waals surface area contributed by atoms with Crippen molar-refractivity contribution in [1.29, 1.82) is 0 Å². The molecule has 0 saturated carbocycles. The van der Waals surface area contributed by atoms with E-state index in [1.807, 2.05) is 66.7 Å². The minimum Gasteiger partial charge on any atom is -0.384 e. The Bertz CT molecular complexity index is 975. The maximum Gasteiger partial charge on any atom is 0.158 e. The summed E-state index contributed by atoms with van der Waals surface area (Å²) in [6, 6.07) is 21.8. The fourth-order valence-electron chi connectivity index (χ4n) is 2.52. The van der Waals surface area contributed by atoms with Gasteiger partial charge in [0.2, 0.25) is 0 Å². The molecule has 2 heterocycles. The Balaban J connectivity index is 1.86. The number of fused-ring (bicyclic) bond motifs is 1. The van der Waals surface area contributed by atoms with E-state index in [2.05, 4.69) is 26.0 Å². The van der Waals surface area contributed by atoms with Crippen molar-refractivity contribution in [3.05, 3.63) is 71.2 Å². The minimum atomic E-state index is 0.565. The molecule has 0 aliphatic rings. The normalized spacial score (nSPS) is 11.0. The Labute approximate surface area is 141 Å². The lowest BCUT2D eigenvalue weighted by Crippen LogP contribution is -2.01. The smallest absolute Gasteiger partial charge is 0.158 e. The lowest BCUT2D eigenvalue weighted by atomic mass is 10.1. The highest BCUT2D eigenvalue weighted by atomic mass is 79.9. The zero-order chi connectivity index (χ0) is 15.8. The van der Waals surface area contributed by atoms with E-state index in [0.717, 1.165) is 32.6 Å². The monoisotopic (exact) mass is 364 g/mol. The Hall–Kier alpha value is -2.66. The summed E-state index contributed by atoms with van der Waals surface area (Å²) in [7, 11) is 0. The molecular weight excluding hydrogens is 352 g/mol. The predicted molar refractivity (Wildman–Crippen MR) is 96.0 cm³/mol. The number of hydrogen-bond donors (Lipinski definition) is 1. The van der Waals surface area contributed by atoms with Crippen molar-refractivity contribution in [1.82, 2.24) is 14.6 Å². The van der Waals surface area contributed by atoms with Crippen molar-refractivity contribution in [2.45, 2.75) is 0 Å². The number of rotatable bonds is 2. The molecule has 4 rings (SSSR count). The molecule has 0 saturated heterocycles. The summed E-state index contributed by atoms with van der Waals surface area (Å²) in [5.74, 6) is 0.565. The van der Waals surface area contributed by atoms with Gasteiger partial charge in [0.05, 0.1) is 11.4 Å². The van der Waals surface area contributed by atoms with Gasteiger partial charge in [0.25, 0.3) is 0 Å². The summed E-state index contributed by atoms with van der Waals surface area (Å²) in [6.45, 7) is 0. The summed E-state index contributed by atoms with van der Waals surface area (Å²) in [6.07, 6.45) is 0. The van der Waals surface area contributed by atoms with Crippen LogP contribution < -0.4 is 5.73 Å². The lowest BCUT2D eigenvalue weighted by Gasteiger charge is -2.04. The third-order valence-corrected chi connectivity index (χ3v) is 4.19. The summed E-state index contributed by atoms with van der Waals surface area (Å²) in [5, 5.41) is 4.55. The maximum absolute atomic E-state index is 6.17. The Morgan fingerprint density at radius 3 is 2.26 bits per heavy atom. The number of anilines is 1. The van der Waals surface area contributed by atoms with E-state index < -0.39 is 0 Å². The molecule has 0 bridgehead atoms. The van der Waals surface area contributed by atoms with Gasteiger partial charge in [-0.2, -0.15) is 9.61 Å². The predicted octanol–water partition coefficient (Wildman–Crippen LogP) is 4.41. The van der Waals surface area contributed by atoms with Crippen LogP contribution in [0.4, 0.5) is 5.82 Å². The number of nitrogens with two attached hydrogens (primary N) is 1. The average Bonchev–Trinajstić information content (AvgIpc) is 3.01. The van der Waals surface area contributed by atoms with Crippen LogP contribution in [0.3, 0.4) is 0 Å². The van der Waals surface area contributed by atoms with Gasteiger partial charge in [-0.05, 0) is 12.1 Å². The van der Waals surface area contributed by atoms with Crippen LogP contribution in [0, 0.1) is 0 Å². The van der Waals surface area contributed by atoms with Gasteiger partial charge in [-0.1, -0.05) is 58.4 Å². The number of nitrogens with zero attached hydrogens (tertiary/aromatic N) is 3. The summed E-state index contributed by atoms with van der Waals surface area (Å²) in [4.78, 5) is 4.69. The molecule has 2 N–H and O–H groups in total. The molecule has 4 nitrogen and oxygen atoms in total. The first kappa shape index (κ1) is 14.0. The number of benzene rings is 2. The molecule has 0 atom stereocenters. The fourth-order valence-corrected chi connectivity index (χ4v) is 2.78. The van der Waals surface area contributed by atoms with Gasteiger partial charge in [-0.25, -0.2) is 4.98 Å². The van der Waals surface area contributed by atoms with Gasteiger partial charge in [0.1, 0.15) is 5.82 Å². The topological polar surface area (TPSA) is 56.2 Å². The Morgan fingerprint density at radius 2 is 1.52 bits per heavy atom. The molecule has 5 heteroatoms. The van der Waals surface area contributed by atoms with Crippen molar-refractivity contribution in [3.8, 4) is 22.5 Å². The third kappa shape index (κ3) is 2.59. The SMILES string of the molecule is Nc1cc(-c2ccc(Br)cc2)nc2cc(-c3ccccc3)nn12. The summed E-state index contributed by atoms with van der Waals surface area (Å²) >= 11 is 3.44. The van der Waals surface area contributed by atoms with Crippen LogP contribution >= 0.6 is 15.9 Å². The highest BCUT2D eigenvalue weighted by molar-refractivity contribution is 9.10. The second-order valence-corrected chi connectivity index (χ2v) is 6.15. The zero-order valence-electron chi connectivity index (χ0n) is 12.1. The highest BCUT2D eigenvalue weighted by Crippen LogP contribution is 2.25. The second-order valence-electron chi connectivity index (χ2n) is 5.24. The van der Waals surface area contributed by atoms with Gasteiger partial charge >= 0.3 is 0 Å². The molecular formula is C18H13BrN4. The first-order valence-electron chi connectivity index (χ1n) is 7.18. The molecule has 0 aliphatic heterocycles. The van der Waals surface area contributed by atoms with E-state index in [1.165, 1.54) is 0 Å². The van der Waals surface area contributed by atoms with Crippen LogP contribution in [0.2, 0.25) is 0 Å². The van der Waals surface area contributed by atoms with E-state index in [4.69, 9.17) is 5.73 Å². The van der Waals surface area contributed by atoms with E-state index >= 15 is 0 Å². The largest absolute Gasteiger partial charge is 0.384 e. The van der Waals surface area contributed by atoms with Gasteiger partial charge < -0.3 is 5.73 Å². The second kappa shape index (κ2) is 5.52. The van der Waals surface area contributed by atoms with Crippen molar-refractivity contribution in [2.24, 2.45) is 0 Å². The zero-order valence-corrected chi connectivity index (χ0v) is 13.7. The van der Waals surface area contributed by atoms with E-state index in [0.29, 0.717) is 5.82 Å². The molecule has 0 aliphatic carbocycles. The molecule has 112 valence electrons. The standard InChI is InChI=1S/C18H13BrN4/c19-14-8-6-13(7-9-14)15-10-17(20)23-18(21-15)11-16(22-23)12-4-2-1-3-5-12/h1-11H,20H2. The van der Waals surface area contributed by atoms with E-state index in [1.54, 1.807) is 4.52 Å². The highest BCUT2D eigenvalue weighted by Gasteiger charge is 2.10. The van der Waals surface area contributed by atoms with Crippen LogP contribution in [0.1, 0.15) is 0 Å². The molecule has 0 radical (unpaired) electrons. The molecule has 0 amide bonds. The molecule has 0 unspecified atom stereocenters. The van der Waals surface area contributed by atoms with Gasteiger partial charge in [0.15, 0.2) is 5.65 Å². The molecule has 2 aromatic carbocycles. The van der Waals surface area contributed by atoms with E-state index in [9.17, 15) is 0 Å². The van der Waals surface area contributed by atoms with Gasteiger partial charge in [-0.15, -0.1) is 0 Å². The average molecular weight is 365 g/mol. The molecule has 0 spiro atoms. The number of hydrogen-bond acceptors (Lipinski definition) is 3. The molecule has 23 heavy (non-hydrogen) atoms. The van der Waals surface area contributed by atoms with E-state index in [-0.39, 0.29) is 0 Å². The Kier molecular flexibility index (Phi) is 3.35. The van der Waals surface area contributed by atoms with Crippen LogP contribution in [0.25, 0.3) is 28.2 Å². The van der Waals surface area contributed by atoms with Crippen molar-refractivity contribution >= 4 is 27.4 Å². The number of halogens is 1. The van der Waals surface area contributed by atoms with Crippen LogP contribution in [0.5, 0.6) is 0 Å². The quantitative estimate of drug-likeness (QED) is 0.573. The Morgan fingerprint density at radius 1 is 0.826 bits per heavy atom. The third-order valence-electron chi connectivity index (χ3n) is 3.66. The van der Waals surface area contributed by atoms with Crippen molar-refractivity contribution in [3.63, 3.8) is 0 Å². The minimum absolute atomic E-state index is 0.565.